The van der Waals surface area contributed by atoms with Crippen LogP contribution in [0.15, 0.2) is 0 Å². The van der Waals surface area contributed by atoms with Gasteiger partial charge in [-0.05, 0) is 24.7 Å². The first-order chi connectivity index (χ1) is 11.7. The van der Waals surface area contributed by atoms with Crippen molar-refractivity contribution < 1.29 is 8.78 Å². The molecule has 0 heterocycles. The highest BCUT2D eigenvalue weighted by atomic mass is 19.1. The number of unbranched alkanes of at least 4 members (excludes halogenated alkanes) is 10. The summed E-state index contributed by atoms with van der Waals surface area (Å²) in [4.78, 5) is 0. The van der Waals surface area contributed by atoms with E-state index in [1.54, 1.807) is 0 Å². The van der Waals surface area contributed by atoms with Crippen LogP contribution >= 0.6 is 0 Å². The SMILES string of the molecule is CC(CCCCCCCCF)CCC(C)CCCCCCCCF. The van der Waals surface area contributed by atoms with E-state index in [0.29, 0.717) is 0 Å². The van der Waals surface area contributed by atoms with Crippen LogP contribution in [0.1, 0.15) is 117 Å². The molecule has 0 amide bonds. The average Bonchev–Trinajstić information content (AvgIpc) is 2.58. The van der Waals surface area contributed by atoms with E-state index in [4.69, 9.17) is 0 Å². The largest absolute Gasteiger partial charge is 0.251 e. The van der Waals surface area contributed by atoms with Crippen LogP contribution in [0.3, 0.4) is 0 Å². The molecule has 2 unspecified atom stereocenters. The fraction of sp³-hybridized carbons (Fsp3) is 1.00. The summed E-state index contributed by atoms with van der Waals surface area (Å²) in [6, 6.07) is 0. The van der Waals surface area contributed by atoms with Gasteiger partial charge in [-0.3, -0.25) is 8.78 Å². The Labute approximate surface area is 151 Å². The Hall–Kier alpha value is -0.140. The summed E-state index contributed by atoms with van der Waals surface area (Å²) in [6.45, 7) is 4.52. The van der Waals surface area contributed by atoms with E-state index in [-0.39, 0.29) is 13.3 Å². The first-order valence-electron chi connectivity index (χ1n) is 10.8. The third kappa shape index (κ3) is 18.2. The third-order valence-corrected chi connectivity index (χ3v) is 5.31. The summed E-state index contributed by atoms with van der Waals surface area (Å²) in [6.07, 6.45) is 19.5. The second-order valence-electron chi connectivity index (χ2n) is 7.99. The Balaban J connectivity index is 3.31. The van der Waals surface area contributed by atoms with Gasteiger partial charge in [-0.25, -0.2) is 0 Å². The van der Waals surface area contributed by atoms with E-state index in [1.165, 1.54) is 77.0 Å². The number of alkyl halides is 2. The van der Waals surface area contributed by atoms with Gasteiger partial charge in [0.05, 0.1) is 13.3 Å². The van der Waals surface area contributed by atoms with Crippen molar-refractivity contribution >= 4 is 0 Å². The molecule has 0 rings (SSSR count). The molecular weight excluding hydrogens is 302 g/mol. The molecule has 0 aliphatic heterocycles. The highest BCUT2D eigenvalue weighted by Crippen LogP contribution is 2.22. The fourth-order valence-corrected chi connectivity index (χ4v) is 3.45. The lowest BCUT2D eigenvalue weighted by Crippen LogP contribution is -2.01. The van der Waals surface area contributed by atoms with Gasteiger partial charge in [-0.2, -0.15) is 0 Å². The molecule has 0 aromatic heterocycles. The van der Waals surface area contributed by atoms with Crippen LogP contribution in [0.2, 0.25) is 0 Å². The van der Waals surface area contributed by atoms with E-state index >= 15 is 0 Å². The zero-order chi connectivity index (χ0) is 17.9. The van der Waals surface area contributed by atoms with Crippen LogP contribution < -0.4 is 0 Å². The van der Waals surface area contributed by atoms with Crippen molar-refractivity contribution in [2.24, 2.45) is 11.8 Å². The van der Waals surface area contributed by atoms with Gasteiger partial charge in [0.25, 0.3) is 0 Å². The summed E-state index contributed by atoms with van der Waals surface area (Å²) in [5.74, 6) is 1.72. The molecule has 0 aliphatic carbocycles. The lowest BCUT2D eigenvalue weighted by molar-refractivity contribution is 0.375. The molecule has 0 saturated carbocycles. The number of hydrogen-bond donors (Lipinski definition) is 0. The van der Waals surface area contributed by atoms with Gasteiger partial charge < -0.3 is 0 Å². The van der Waals surface area contributed by atoms with Crippen LogP contribution in [-0.2, 0) is 0 Å². The maximum absolute atomic E-state index is 12.0. The lowest BCUT2D eigenvalue weighted by Gasteiger charge is -2.15. The van der Waals surface area contributed by atoms with E-state index < -0.39 is 0 Å². The average molecular weight is 347 g/mol. The molecule has 0 saturated heterocycles. The quantitative estimate of drug-likeness (QED) is 0.206. The summed E-state index contributed by atoms with van der Waals surface area (Å²) >= 11 is 0. The minimum Gasteiger partial charge on any atom is -0.251 e. The summed E-state index contributed by atoms with van der Waals surface area (Å²) < 4.78 is 23.9. The van der Waals surface area contributed by atoms with E-state index in [9.17, 15) is 8.78 Å². The van der Waals surface area contributed by atoms with Gasteiger partial charge in [0.15, 0.2) is 0 Å². The summed E-state index contributed by atoms with van der Waals surface area (Å²) in [5, 5.41) is 0. The predicted molar refractivity (Wildman–Crippen MR) is 104 cm³/mol. The Bertz CT molecular complexity index is 206. The van der Waals surface area contributed by atoms with Crippen molar-refractivity contribution in [1.82, 2.24) is 0 Å². The summed E-state index contributed by atoms with van der Waals surface area (Å²) in [5.41, 5.74) is 0. The van der Waals surface area contributed by atoms with Gasteiger partial charge in [0, 0.05) is 0 Å². The van der Waals surface area contributed by atoms with Crippen LogP contribution in [0.25, 0.3) is 0 Å². The molecule has 0 aromatic carbocycles. The maximum atomic E-state index is 12.0. The van der Waals surface area contributed by atoms with Crippen LogP contribution in [0, 0.1) is 11.8 Å². The molecule has 0 aromatic rings. The van der Waals surface area contributed by atoms with Gasteiger partial charge in [-0.15, -0.1) is 0 Å². The Morgan fingerprint density at radius 2 is 0.708 bits per heavy atom. The predicted octanol–water partition coefficient (Wildman–Crippen LogP) is 8.44. The van der Waals surface area contributed by atoms with Gasteiger partial charge >= 0.3 is 0 Å². The van der Waals surface area contributed by atoms with Crippen LogP contribution in [0.4, 0.5) is 8.78 Å². The Morgan fingerprint density at radius 3 is 1.04 bits per heavy atom. The number of hydrogen-bond acceptors (Lipinski definition) is 0. The zero-order valence-corrected chi connectivity index (χ0v) is 16.6. The topological polar surface area (TPSA) is 0 Å². The Morgan fingerprint density at radius 1 is 0.417 bits per heavy atom. The van der Waals surface area contributed by atoms with Crippen LogP contribution in [-0.4, -0.2) is 13.3 Å². The molecule has 0 aliphatic rings. The molecule has 146 valence electrons. The summed E-state index contributed by atoms with van der Waals surface area (Å²) in [7, 11) is 0. The Kier molecular flexibility index (Phi) is 19.1. The van der Waals surface area contributed by atoms with Gasteiger partial charge in [-0.1, -0.05) is 104 Å². The maximum Gasteiger partial charge on any atom is 0.0894 e. The van der Waals surface area contributed by atoms with Crippen LogP contribution in [0.5, 0.6) is 0 Å². The lowest BCUT2D eigenvalue weighted by atomic mass is 9.91. The monoisotopic (exact) mass is 346 g/mol. The van der Waals surface area contributed by atoms with Crippen molar-refractivity contribution in [3.05, 3.63) is 0 Å². The molecule has 0 bridgehead atoms. The normalized spacial score (nSPS) is 14.0. The third-order valence-electron chi connectivity index (χ3n) is 5.31. The molecule has 2 atom stereocenters. The zero-order valence-electron chi connectivity index (χ0n) is 16.6. The van der Waals surface area contributed by atoms with Gasteiger partial charge in [0.2, 0.25) is 0 Å². The molecule has 24 heavy (non-hydrogen) atoms. The fourth-order valence-electron chi connectivity index (χ4n) is 3.45. The number of halogens is 2. The standard InChI is InChI=1S/C22H44F2/c1-21(15-11-7-3-5-9-13-19-23)17-18-22(2)16-12-8-4-6-10-14-20-24/h21-22H,3-20H2,1-2H3. The van der Waals surface area contributed by atoms with Crippen molar-refractivity contribution in [1.29, 1.82) is 0 Å². The molecule has 2 heteroatoms. The molecule has 0 spiro atoms. The molecule has 0 radical (unpaired) electrons. The molecule has 0 nitrogen and oxygen atoms in total. The second-order valence-corrected chi connectivity index (χ2v) is 7.99. The van der Waals surface area contributed by atoms with Gasteiger partial charge in [0.1, 0.15) is 0 Å². The molecule has 0 fully saturated rings. The second kappa shape index (κ2) is 19.2. The van der Waals surface area contributed by atoms with Crippen molar-refractivity contribution in [3.63, 3.8) is 0 Å². The number of rotatable bonds is 19. The minimum atomic E-state index is -0.144. The van der Waals surface area contributed by atoms with Crippen molar-refractivity contribution in [2.45, 2.75) is 117 Å². The minimum absolute atomic E-state index is 0.144. The first-order valence-corrected chi connectivity index (χ1v) is 10.8. The highest BCUT2D eigenvalue weighted by Gasteiger charge is 2.07. The smallest absolute Gasteiger partial charge is 0.0894 e. The van der Waals surface area contributed by atoms with Crippen molar-refractivity contribution in [2.75, 3.05) is 13.3 Å². The first kappa shape index (κ1) is 23.9. The van der Waals surface area contributed by atoms with E-state index in [1.807, 2.05) is 0 Å². The highest BCUT2D eigenvalue weighted by molar-refractivity contribution is 4.60. The molecular formula is C22H44F2. The molecule has 0 N–H and O–H groups in total. The van der Waals surface area contributed by atoms with E-state index in [2.05, 4.69) is 13.8 Å². The van der Waals surface area contributed by atoms with Crippen molar-refractivity contribution in [3.8, 4) is 0 Å². The van der Waals surface area contributed by atoms with E-state index in [0.717, 1.165) is 37.5 Å².